The summed E-state index contributed by atoms with van der Waals surface area (Å²) in [5.74, 6) is 1.60. The van der Waals surface area contributed by atoms with Crippen molar-refractivity contribution in [3.05, 3.63) is 23.9 Å². The smallest absolute Gasteiger partial charge is 0.341 e. The van der Waals surface area contributed by atoms with Gasteiger partial charge in [0.15, 0.2) is 0 Å². The second kappa shape index (κ2) is 5.38. The van der Waals surface area contributed by atoms with Gasteiger partial charge in [-0.2, -0.15) is 0 Å². The Kier molecular flexibility index (Phi) is 3.84. The summed E-state index contributed by atoms with van der Waals surface area (Å²) in [4.78, 5) is 15.9. The maximum Gasteiger partial charge on any atom is 0.341 e. The molecule has 1 aliphatic carbocycles. The first-order chi connectivity index (χ1) is 8.63. The minimum absolute atomic E-state index is 0.343. The number of carbonyl (C=O) groups is 1. The molecule has 2 rings (SSSR count). The molecule has 1 fully saturated rings. The van der Waals surface area contributed by atoms with Gasteiger partial charge in [0.25, 0.3) is 0 Å². The number of rotatable bonds is 3. The Labute approximate surface area is 108 Å². The van der Waals surface area contributed by atoms with E-state index in [9.17, 15) is 4.79 Å². The van der Waals surface area contributed by atoms with E-state index in [2.05, 4.69) is 24.1 Å². The molecule has 4 nitrogen and oxygen atoms in total. The molecule has 0 bridgehead atoms. The predicted octanol–water partition coefficient (Wildman–Crippen LogP) is 2.71. The zero-order valence-electron chi connectivity index (χ0n) is 11.1. The molecule has 0 aliphatic heterocycles. The van der Waals surface area contributed by atoms with Crippen molar-refractivity contribution in [3.63, 3.8) is 0 Å². The molecule has 3 unspecified atom stereocenters. The van der Waals surface area contributed by atoms with Crippen LogP contribution in [0.25, 0.3) is 0 Å². The molecule has 1 aromatic rings. The highest BCUT2D eigenvalue weighted by atomic mass is 16.5. The molecule has 0 spiro atoms. The van der Waals surface area contributed by atoms with Crippen LogP contribution in [0, 0.1) is 11.8 Å². The second-order valence-electron chi connectivity index (χ2n) is 5.06. The van der Waals surface area contributed by atoms with Gasteiger partial charge in [-0.15, -0.1) is 0 Å². The van der Waals surface area contributed by atoms with Crippen molar-refractivity contribution >= 4 is 11.8 Å². The molecule has 18 heavy (non-hydrogen) atoms. The number of pyridine rings is 1. The van der Waals surface area contributed by atoms with E-state index in [4.69, 9.17) is 4.74 Å². The van der Waals surface area contributed by atoms with Crippen LogP contribution in [-0.2, 0) is 4.74 Å². The van der Waals surface area contributed by atoms with E-state index in [0.717, 1.165) is 6.42 Å². The monoisotopic (exact) mass is 248 g/mol. The summed E-state index contributed by atoms with van der Waals surface area (Å²) < 4.78 is 4.77. The van der Waals surface area contributed by atoms with E-state index in [1.807, 2.05) is 0 Å². The zero-order valence-corrected chi connectivity index (χ0v) is 11.1. The Balaban J connectivity index is 2.16. The number of carbonyl (C=O) groups excluding carboxylic acids is 1. The third-order valence-electron chi connectivity index (χ3n) is 4.00. The van der Waals surface area contributed by atoms with Crippen molar-refractivity contribution < 1.29 is 9.53 Å². The minimum Gasteiger partial charge on any atom is -0.465 e. The van der Waals surface area contributed by atoms with Gasteiger partial charge >= 0.3 is 5.97 Å². The topological polar surface area (TPSA) is 51.2 Å². The molecule has 1 N–H and O–H groups in total. The van der Waals surface area contributed by atoms with E-state index in [0.29, 0.717) is 29.3 Å². The van der Waals surface area contributed by atoms with Gasteiger partial charge < -0.3 is 10.1 Å². The van der Waals surface area contributed by atoms with Gasteiger partial charge in [0.1, 0.15) is 11.4 Å². The Hall–Kier alpha value is -1.58. The highest BCUT2D eigenvalue weighted by Crippen LogP contribution is 2.33. The van der Waals surface area contributed by atoms with Gasteiger partial charge in [-0.05, 0) is 36.8 Å². The minimum atomic E-state index is -0.343. The summed E-state index contributed by atoms with van der Waals surface area (Å²) in [5.41, 5.74) is 0.506. The molecular formula is C14H20N2O2. The van der Waals surface area contributed by atoms with Crippen LogP contribution in [0.5, 0.6) is 0 Å². The summed E-state index contributed by atoms with van der Waals surface area (Å²) in [6, 6.07) is 3.88. The van der Waals surface area contributed by atoms with E-state index < -0.39 is 0 Å². The SMILES string of the molecule is COC(=O)c1cccnc1NC1CCC(C)C1C. The number of nitrogens with zero attached hydrogens (tertiary/aromatic N) is 1. The first kappa shape index (κ1) is 12.9. The lowest BCUT2D eigenvalue weighted by Gasteiger charge is -2.21. The van der Waals surface area contributed by atoms with E-state index >= 15 is 0 Å². The van der Waals surface area contributed by atoms with Crippen LogP contribution in [0.2, 0.25) is 0 Å². The lowest BCUT2D eigenvalue weighted by atomic mass is 9.98. The van der Waals surface area contributed by atoms with Crippen LogP contribution in [0.4, 0.5) is 5.82 Å². The fourth-order valence-corrected chi connectivity index (χ4v) is 2.54. The summed E-state index contributed by atoms with van der Waals surface area (Å²) in [7, 11) is 1.39. The van der Waals surface area contributed by atoms with Crippen molar-refractivity contribution in [2.45, 2.75) is 32.7 Å². The number of esters is 1. The number of nitrogens with one attached hydrogen (secondary N) is 1. The largest absolute Gasteiger partial charge is 0.465 e. The maximum absolute atomic E-state index is 11.7. The number of aromatic nitrogens is 1. The maximum atomic E-state index is 11.7. The number of hydrogen-bond donors (Lipinski definition) is 1. The van der Waals surface area contributed by atoms with Gasteiger partial charge in [0.05, 0.1) is 7.11 Å². The third kappa shape index (κ3) is 2.47. The molecule has 0 saturated heterocycles. The molecule has 3 atom stereocenters. The molecule has 0 amide bonds. The molecule has 4 heteroatoms. The lowest BCUT2D eigenvalue weighted by molar-refractivity contribution is 0.0601. The fraction of sp³-hybridized carbons (Fsp3) is 0.571. The highest BCUT2D eigenvalue weighted by Gasteiger charge is 2.30. The Morgan fingerprint density at radius 3 is 2.83 bits per heavy atom. The predicted molar refractivity (Wildman–Crippen MR) is 70.5 cm³/mol. The summed E-state index contributed by atoms with van der Waals surface area (Å²) in [5, 5.41) is 3.39. The normalized spacial score (nSPS) is 26.9. The summed E-state index contributed by atoms with van der Waals surface area (Å²) >= 11 is 0. The van der Waals surface area contributed by atoms with Crippen LogP contribution in [0.15, 0.2) is 18.3 Å². The van der Waals surface area contributed by atoms with Gasteiger partial charge in [-0.25, -0.2) is 9.78 Å². The molecule has 0 aromatic carbocycles. The van der Waals surface area contributed by atoms with Crippen LogP contribution in [-0.4, -0.2) is 24.1 Å². The Morgan fingerprint density at radius 2 is 2.22 bits per heavy atom. The first-order valence-electron chi connectivity index (χ1n) is 6.43. The highest BCUT2D eigenvalue weighted by molar-refractivity contribution is 5.94. The van der Waals surface area contributed by atoms with Crippen molar-refractivity contribution in [3.8, 4) is 0 Å². The van der Waals surface area contributed by atoms with Gasteiger partial charge in [0.2, 0.25) is 0 Å². The molecule has 1 aliphatic rings. The molecule has 98 valence electrons. The van der Waals surface area contributed by atoms with E-state index in [1.54, 1.807) is 18.3 Å². The zero-order chi connectivity index (χ0) is 13.1. The first-order valence-corrected chi connectivity index (χ1v) is 6.43. The molecule has 1 aromatic heterocycles. The molecule has 0 radical (unpaired) electrons. The van der Waals surface area contributed by atoms with Crippen molar-refractivity contribution in [2.75, 3.05) is 12.4 Å². The van der Waals surface area contributed by atoms with Crippen molar-refractivity contribution in [2.24, 2.45) is 11.8 Å². The summed E-state index contributed by atoms with van der Waals surface area (Å²) in [6.07, 6.45) is 4.04. The van der Waals surface area contributed by atoms with Crippen LogP contribution < -0.4 is 5.32 Å². The second-order valence-corrected chi connectivity index (χ2v) is 5.06. The average Bonchev–Trinajstić information content (AvgIpc) is 2.70. The van der Waals surface area contributed by atoms with Crippen molar-refractivity contribution in [1.29, 1.82) is 0 Å². The number of anilines is 1. The molecular weight excluding hydrogens is 228 g/mol. The fourth-order valence-electron chi connectivity index (χ4n) is 2.54. The number of hydrogen-bond acceptors (Lipinski definition) is 4. The number of ether oxygens (including phenoxy) is 1. The standard InChI is InChI=1S/C14H20N2O2/c1-9-6-7-12(10(9)2)16-13-11(14(17)18-3)5-4-8-15-13/h4-5,8-10,12H,6-7H2,1-3H3,(H,15,16). The van der Waals surface area contributed by atoms with Crippen LogP contribution in [0.3, 0.4) is 0 Å². The Bertz CT molecular complexity index is 434. The molecule has 1 heterocycles. The Morgan fingerprint density at radius 1 is 1.44 bits per heavy atom. The number of methoxy groups -OCH3 is 1. The lowest BCUT2D eigenvalue weighted by Crippen LogP contribution is -2.25. The third-order valence-corrected chi connectivity index (χ3v) is 4.00. The van der Waals surface area contributed by atoms with Crippen LogP contribution >= 0.6 is 0 Å². The van der Waals surface area contributed by atoms with E-state index in [-0.39, 0.29) is 5.97 Å². The van der Waals surface area contributed by atoms with Crippen molar-refractivity contribution in [1.82, 2.24) is 4.98 Å². The van der Waals surface area contributed by atoms with Gasteiger partial charge in [-0.3, -0.25) is 0 Å². The van der Waals surface area contributed by atoms with Crippen LogP contribution in [0.1, 0.15) is 37.0 Å². The average molecular weight is 248 g/mol. The quantitative estimate of drug-likeness (QED) is 0.836. The molecule has 1 saturated carbocycles. The van der Waals surface area contributed by atoms with Gasteiger partial charge in [0, 0.05) is 12.2 Å². The van der Waals surface area contributed by atoms with Gasteiger partial charge in [-0.1, -0.05) is 13.8 Å². The van der Waals surface area contributed by atoms with E-state index in [1.165, 1.54) is 13.5 Å². The summed E-state index contributed by atoms with van der Waals surface area (Å²) in [6.45, 7) is 4.52.